The fourth-order valence-corrected chi connectivity index (χ4v) is 3.35. The lowest BCUT2D eigenvalue weighted by molar-refractivity contribution is 0.506. The van der Waals surface area contributed by atoms with Crippen LogP contribution in [-0.4, -0.2) is 32.3 Å². The van der Waals surface area contributed by atoms with Crippen LogP contribution < -0.4 is 5.32 Å². The first-order valence-electron chi connectivity index (χ1n) is 6.49. The molecular weight excluding hydrogens is 226 g/mol. The van der Waals surface area contributed by atoms with Gasteiger partial charge in [-0.3, -0.25) is 0 Å². The molecule has 3 heterocycles. The van der Waals surface area contributed by atoms with E-state index in [1.165, 1.54) is 24.8 Å². The van der Waals surface area contributed by atoms with Crippen LogP contribution in [0.5, 0.6) is 0 Å². The summed E-state index contributed by atoms with van der Waals surface area (Å²) in [6.45, 7) is 0. The lowest BCUT2D eigenvalue weighted by atomic mass is 9.84. The largest absolute Gasteiger partial charge is 0.311 e. The summed E-state index contributed by atoms with van der Waals surface area (Å²) < 4.78 is 1.68. The monoisotopic (exact) mass is 241 g/mol. The summed E-state index contributed by atoms with van der Waals surface area (Å²) in [6, 6.07) is 10.1. The standard InChI is InChI=1S/C13H15N5/c1-4-11(18-8-14-16-17-18)5-2-9(1)12-7-10-3-6-13(12)15-10/h1-2,4-5,8,10,12-13,15H,3,6-7H2. The Hall–Kier alpha value is -1.75. The van der Waals surface area contributed by atoms with Crippen molar-refractivity contribution in [3.8, 4) is 5.69 Å². The molecule has 1 N–H and O–H groups in total. The zero-order valence-corrected chi connectivity index (χ0v) is 10.0. The number of nitrogens with zero attached hydrogens (tertiary/aromatic N) is 4. The minimum Gasteiger partial charge on any atom is -0.311 e. The van der Waals surface area contributed by atoms with Crippen molar-refractivity contribution in [2.45, 2.75) is 37.3 Å². The quantitative estimate of drug-likeness (QED) is 0.860. The van der Waals surface area contributed by atoms with E-state index in [1.807, 2.05) is 0 Å². The Bertz CT molecular complexity index is 533. The second-order valence-electron chi connectivity index (χ2n) is 5.24. The zero-order valence-electron chi connectivity index (χ0n) is 10.0. The number of aromatic nitrogens is 4. The van der Waals surface area contributed by atoms with Crippen LogP contribution in [0.1, 0.15) is 30.7 Å². The van der Waals surface area contributed by atoms with Crippen LogP contribution in [0.25, 0.3) is 5.69 Å². The highest BCUT2D eigenvalue weighted by Gasteiger charge is 2.39. The van der Waals surface area contributed by atoms with Gasteiger partial charge in [0.05, 0.1) is 5.69 Å². The predicted molar refractivity (Wildman–Crippen MR) is 66.5 cm³/mol. The van der Waals surface area contributed by atoms with Gasteiger partial charge >= 0.3 is 0 Å². The zero-order chi connectivity index (χ0) is 11.9. The van der Waals surface area contributed by atoms with Crippen LogP contribution >= 0.6 is 0 Å². The summed E-state index contributed by atoms with van der Waals surface area (Å²) in [5.41, 5.74) is 2.45. The highest BCUT2D eigenvalue weighted by molar-refractivity contribution is 5.36. The highest BCUT2D eigenvalue weighted by Crippen LogP contribution is 2.39. The molecule has 0 saturated carbocycles. The Kier molecular flexibility index (Phi) is 2.20. The maximum atomic E-state index is 3.90. The summed E-state index contributed by atoms with van der Waals surface area (Å²) in [4.78, 5) is 0. The van der Waals surface area contributed by atoms with Gasteiger partial charge in [0, 0.05) is 18.0 Å². The Labute approximate surface area is 105 Å². The lowest BCUT2D eigenvalue weighted by Gasteiger charge is -2.20. The van der Waals surface area contributed by atoms with Gasteiger partial charge in [-0.2, -0.15) is 0 Å². The van der Waals surface area contributed by atoms with Crippen molar-refractivity contribution in [1.82, 2.24) is 25.5 Å². The summed E-state index contributed by atoms with van der Waals surface area (Å²) in [5, 5.41) is 14.9. The molecule has 2 fully saturated rings. The summed E-state index contributed by atoms with van der Waals surface area (Å²) in [7, 11) is 0. The molecule has 0 spiro atoms. The van der Waals surface area contributed by atoms with Gasteiger partial charge in [-0.15, -0.1) is 5.10 Å². The number of benzene rings is 1. The predicted octanol–water partition coefficient (Wildman–Crippen LogP) is 1.27. The van der Waals surface area contributed by atoms with Crippen LogP contribution in [0.15, 0.2) is 30.6 Å². The second-order valence-corrected chi connectivity index (χ2v) is 5.24. The topological polar surface area (TPSA) is 55.6 Å². The van der Waals surface area contributed by atoms with Crippen molar-refractivity contribution in [2.75, 3.05) is 0 Å². The minimum atomic E-state index is 0.687. The summed E-state index contributed by atoms with van der Waals surface area (Å²) >= 11 is 0. The third kappa shape index (κ3) is 1.54. The van der Waals surface area contributed by atoms with E-state index in [4.69, 9.17) is 0 Å². The lowest BCUT2D eigenvalue weighted by Crippen LogP contribution is -2.21. The molecule has 1 aromatic heterocycles. The first kappa shape index (κ1) is 10.2. The van der Waals surface area contributed by atoms with Crippen LogP contribution in [0.4, 0.5) is 0 Å². The van der Waals surface area contributed by atoms with Crippen molar-refractivity contribution >= 4 is 0 Å². The molecule has 0 aliphatic carbocycles. The third-order valence-corrected chi connectivity index (χ3v) is 4.23. The third-order valence-electron chi connectivity index (χ3n) is 4.23. The maximum absolute atomic E-state index is 3.90. The van der Waals surface area contributed by atoms with Gasteiger partial charge in [0.1, 0.15) is 6.33 Å². The molecule has 92 valence electrons. The molecule has 2 aliphatic rings. The molecule has 0 amide bonds. The Morgan fingerprint density at radius 3 is 2.67 bits per heavy atom. The number of hydrogen-bond donors (Lipinski definition) is 1. The molecule has 2 aromatic rings. The first-order valence-corrected chi connectivity index (χ1v) is 6.49. The fraction of sp³-hybridized carbons (Fsp3) is 0.462. The van der Waals surface area contributed by atoms with Crippen LogP contribution in [0.3, 0.4) is 0 Å². The van der Waals surface area contributed by atoms with Gasteiger partial charge in [-0.1, -0.05) is 12.1 Å². The fourth-order valence-electron chi connectivity index (χ4n) is 3.35. The van der Waals surface area contributed by atoms with Crippen molar-refractivity contribution in [2.24, 2.45) is 0 Å². The van der Waals surface area contributed by atoms with E-state index >= 15 is 0 Å². The molecule has 0 radical (unpaired) electrons. The molecule has 2 saturated heterocycles. The van der Waals surface area contributed by atoms with Crippen molar-refractivity contribution < 1.29 is 0 Å². The Morgan fingerprint density at radius 1 is 1.17 bits per heavy atom. The number of nitrogens with one attached hydrogen (secondary N) is 1. The molecule has 1 aromatic carbocycles. The van der Waals surface area contributed by atoms with E-state index in [9.17, 15) is 0 Å². The molecule has 5 nitrogen and oxygen atoms in total. The molecule has 3 atom stereocenters. The van der Waals surface area contributed by atoms with Gasteiger partial charge in [-0.05, 0) is 47.4 Å². The molecule has 2 bridgehead atoms. The average molecular weight is 241 g/mol. The van der Waals surface area contributed by atoms with E-state index in [-0.39, 0.29) is 0 Å². The number of fused-ring (bicyclic) bond motifs is 2. The SMILES string of the molecule is c1cc(-n2cnnn2)ccc1C1CC2CCC1N2. The van der Waals surface area contributed by atoms with Gasteiger partial charge in [-0.25, -0.2) is 4.68 Å². The van der Waals surface area contributed by atoms with Crippen molar-refractivity contribution in [3.05, 3.63) is 36.2 Å². The number of rotatable bonds is 2. The molecule has 5 heteroatoms. The smallest absolute Gasteiger partial charge is 0.143 e. The van der Waals surface area contributed by atoms with Gasteiger partial charge in [0.25, 0.3) is 0 Å². The van der Waals surface area contributed by atoms with E-state index in [1.54, 1.807) is 11.0 Å². The molecule has 3 unspecified atom stereocenters. The Morgan fingerprint density at radius 2 is 2.06 bits per heavy atom. The van der Waals surface area contributed by atoms with Crippen molar-refractivity contribution in [1.29, 1.82) is 0 Å². The van der Waals surface area contributed by atoms with Gasteiger partial charge in [0.15, 0.2) is 0 Å². The van der Waals surface area contributed by atoms with E-state index in [0.717, 1.165) is 11.7 Å². The maximum Gasteiger partial charge on any atom is 0.143 e. The molecule has 4 rings (SSSR count). The van der Waals surface area contributed by atoms with Gasteiger partial charge < -0.3 is 5.32 Å². The minimum absolute atomic E-state index is 0.687. The second kappa shape index (κ2) is 3.88. The van der Waals surface area contributed by atoms with E-state index < -0.39 is 0 Å². The number of tetrazole rings is 1. The summed E-state index contributed by atoms with van der Waals surface area (Å²) in [6.07, 6.45) is 5.58. The Balaban J connectivity index is 1.60. The van der Waals surface area contributed by atoms with Gasteiger partial charge in [0.2, 0.25) is 0 Å². The van der Waals surface area contributed by atoms with Crippen LogP contribution in [0, 0.1) is 0 Å². The normalized spacial score (nSPS) is 29.9. The molecule has 2 aliphatic heterocycles. The van der Waals surface area contributed by atoms with Crippen molar-refractivity contribution in [3.63, 3.8) is 0 Å². The van der Waals surface area contributed by atoms with Crippen LogP contribution in [-0.2, 0) is 0 Å². The molecule has 18 heavy (non-hydrogen) atoms. The van der Waals surface area contributed by atoms with E-state index in [0.29, 0.717) is 12.0 Å². The first-order chi connectivity index (χ1) is 8.90. The number of hydrogen-bond acceptors (Lipinski definition) is 4. The summed E-state index contributed by atoms with van der Waals surface area (Å²) in [5.74, 6) is 0.687. The van der Waals surface area contributed by atoms with Crippen LogP contribution in [0.2, 0.25) is 0 Å². The molecular formula is C13H15N5. The average Bonchev–Trinajstić information content (AvgIpc) is 3.16. The van der Waals surface area contributed by atoms with E-state index in [2.05, 4.69) is 45.1 Å². The highest BCUT2D eigenvalue weighted by atomic mass is 15.5.